The first-order chi connectivity index (χ1) is 16.3. The molecule has 0 saturated carbocycles. The third-order valence-corrected chi connectivity index (χ3v) is 5.91. The van der Waals surface area contributed by atoms with Crippen LogP contribution in [-0.4, -0.2) is 67.2 Å². The number of carbonyl (C=O) groups is 2. The Balaban J connectivity index is 1.21. The van der Waals surface area contributed by atoms with Crippen molar-refractivity contribution < 1.29 is 32.2 Å². The second-order valence-electron chi connectivity index (χ2n) is 8.16. The van der Waals surface area contributed by atoms with Gasteiger partial charge in [-0.2, -0.15) is 0 Å². The summed E-state index contributed by atoms with van der Waals surface area (Å²) in [5.74, 6) is -4.13. The van der Waals surface area contributed by atoms with Gasteiger partial charge in [0.25, 0.3) is 0 Å². The largest absolute Gasteiger partial charge is 0.454 e. The quantitative estimate of drug-likeness (QED) is 0.594. The number of nitrogens with zero attached hydrogens (tertiary/aromatic N) is 2. The molecule has 4 rings (SSSR count). The van der Waals surface area contributed by atoms with Crippen LogP contribution in [0.5, 0.6) is 11.5 Å². The standard InChI is InChI=1S/C23H25F3N4O4/c1-14(23(32)27-11-20(31)28-17-4-3-16(24)21(25)22(17)26)30-8-6-29(7-9-30)12-15-2-5-18-19(10-15)34-13-33-18/h2-5,10,14H,6-9,11-13H2,1H3,(H,27,32)(H,28,31). The molecule has 2 aliphatic rings. The van der Waals surface area contributed by atoms with Gasteiger partial charge in [-0.25, -0.2) is 13.2 Å². The molecule has 1 unspecified atom stereocenters. The molecule has 2 N–H and O–H groups in total. The minimum absolute atomic E-state index is 0.237. The third-order valence-electron chi connectivity index (χ3n) is 5.91. The maximum absolute atomic E-state index is 13.7. The Morgan fingerprint density at radius 2 is 1.74 bits per heavy atom. The van der Waals surface area contributed by atoms with E-state index in [1.54, 1.807) is 6.92 Å². The molecule has 2 aromatic carbocycles. The Bertz CT molecular complexity index is 1080. The second-order valence-corrected chi connectivity index (χ2v) is 8.16. The lowest BCUT2D eigenvalue weighted by Crippen LogP contribution is -2.54. The Labute approximate surface area is 194 Å². The van der Waals surface area contributed by atoms with Crippen LogP contribution in [-0.2, 0) is 16.1 Å². The lowest BCUT2D eigenvalue weighted by molar-refractivity contribution is -0.128. The molecule has 8 nitrogen and oxygen atoms in total. The summed E-state index contributed by atoms with van der Waals surface area (Å²) in [4.78, 5) is 28.8. The Morgan fingerprint density at radius 3 is 2.50 bits per heavy atom. The second kappa shape index (κ2) is 10.3. The normalized spacial score (nSPS) is 16.8. The van der Waals surface area contributed by atoms with Crippen LogP contribution in [0.4, 0.5) is 18.9 Å². The van der Waals surface area contributed by atoms with E-state index in [9.17, 15) is 22.8 Å². The SMILES string of the molecule is CC(C(=O)NCC(=O)Nc1ccc(F)c(F)c1F)N1CCN(Cc2ccc3c(c2)OCO3)CC1. The highest BCUT2D eigenvalue weighted by molar-refractivity contribution is 5.95. The van der Waals surface area contributed by atoms with Crippen LogP contribution in [0, 0.1) is 17.5 Å². The van der Waals surface area contributed by atoms with E-state index < -0.39 is 41.6 Å². The first kappa shape index (κ1) is 23.8. The summed E-state index contributed by atoms with van der Waals surface area (Å²) in [7, 11) is 0. The summed E-state index contributed by atoms with van der Waals surface area (Å²) in [5.41, 5.74) is 0.622. The summed E-state index contributed by atoms with van der Waals surface area (Å²) >= 11 is 0. The van der Waals surface area contributed by atoms with E-state index in [0.29, 0.717) is 19.2 Å². The molecule has 0 aromatic heterocycles. The predicted molar refractivity (Wildman–Crippen MR) is 117 cm³/mol. The van der Waals surface area contributed by atoms with Crippen molar-refractivity contribution >= 4 is 17.5 Å². The zero-order valence-electron chi connectivity index (χ0n) is 18.6. The zero-order valence-corrected chi connectivity index (χ0v) is 18.6. The van der Waals surface area contributed by atoms with Gasteiger partial charge in [0, 0.05) is 32.7 Å². The fourth-order valence-corrected chi connectivity index (χ4v) is 3.90. The van der Waals surface area contributed by atoms with Crippen molar-refractivity contribution in [1.29, 1.82) is 0 Å². The minimum atomic E-state index is -1.67. The lowest BCUT2D eigenvalue weighted by atomic mass is 10.1. The number of amides is 2. The average molecular weight is 478 g/mol. The molecule has 2 aliphatic heterocycles. The summed E-state index contributed by atoms with van der Waals surface area (Å²) in [6.07, 6.45) is 0. The van der Waals surface area contributed by atoms with Crippen LogP contribution in [0.25, 0.3) is 0 Å². The number of hydrogen-bond donors (Lipinski definition) is 2. The molecule has 2 heterocycles. The summed E-state index contributed by atoms with van der Waals surface area (Å²) in [6.45, 7) is 5.19. The predicted octanol–water partition coefficient (Wildman–Crippen LogP) is 2.09. The summed E-state index contributed by atoms with van der Waals surface area (Å²) in [6, 6.07) is 7.03. The first-order valence-electron chi connectivity index (χ1n) is 10.9. The highest BCUT2D eigenvalue weighted by Crippen LogP contribution is 2.32. The van der Waals surface area contributed by atoms with Crippen molar-refractivity contribution in [3.8, 4) is 11.5 Å². The molecule has 182 valence electrons. The van der Waals surface area contributed by atoms with Crippen LogP contribution in [0.15, 0.2) is 30.3 Å². The number of rotatable bonds is 7. The summed E-state index contributed by atoms with van der Waals surface area (Å²) in [5, 5.41) is 4.62. The van der Waals surface area contributed by atoms with Crippen molar-refractivity contribution in [2.24, 2.45) is 0 Å². The van der Waals surface area contributed by atoms with E-state index >= 15 is 0 Å². The van der Waals surface area contributed by atoms with Crippen molar-refractivity contribution in [1.82, 2.24) is 15.1 Å². The van der Waals surface area contributed by atoms with Gasteiger partial charge in [0.2, 0.25) is 18.6 Å². The van der Waals surface area contributed by atoms with Crippen molar-refractivity contribution in [2.75, 3.05) is 44.8 Å². The molecule has 0 spiro atoms. The van der Waals surface area contributed by atoms with Gasteiger partial charge in [0.15, 0.2) is 29.0 Å². The number of halogens is 3. The number of piperazine rings is 1. The Hall–Kier alpha value is -3.31. The van der Waals surface area contributed by atoms with Crippen LogP contribution < -0.4 is 20.1 Å². The Kier molecular flexibility index (Phi) is 7.23. The lowest BCUT2D eigenvalue weighted by Gasteiger charge is -2.37. The molecule has 11 heteroatoms. The summed E-state index contributed by atoms with van der Waals surface area (Å²) < 4.78 is 50.7. The smallest absolute Gasteiger partial charge is 0.243 e. The minimum Gasteiger partial charge on any atom is -0.454 e. The fourth-order valence-electron chi connectivity index (χ4n) is 3.90. The molecule has 1 atom stereocenters. The average Bonchev–Trinajstić information content (AvgIpc) is 3.31. The van der Waals surface area contributed by atoms with Gasteiger partial charge in [-0.1, -0.05) is 6.07 Å². The van der Waals surface area contributed by atoms with E-state index in [4.69, 9.17) is 9.47 Å². The fraction of sp³-hybridized carbons (Fsp3) is 0.391. The van der Waals surface area contributed by atoms with Gasteiger partial charge >= 0.3 is 0 Å². The molecule has 0 aliphatic carbocycles. The van der Waals surface area contributed by atoms with Gasteiger partial charge < -0.3 is 20.1 Å². The molecular weight excluding hydrogens is 453 g/mol. The maximum Gasteiger partial charge on any atom is 0.243 e. The monoisotopic (exact) mass is 478 g/mol. The van der Waals surface area contributed by atoms with Gasteiger partial charge in [-0.05, 0) is 36.8 Å². The van der Waals surface area contributed by atoms with Crippen molar-refractivity contribution in [3.05, 3.63) is 53.3 Å². The number of carbonyl (C=O) groups excluding carboxylic acids is 2. The Morgan fingerprint density at radius 1 is 1.00 bits per heavy atom. The highest BCUT2D eigenvalue weighted by Gasteiger charge is 2.26. The van der Waals surface area contributed by atoms with Crippen molar-refractivity contribution in [3.63, 3.8) is 0 Å². The molecule has 1 saturated heterocycles. The van der Waals surface area contributed by atoms with Gasteiger partial charge in [0.05, 0.1) is 18.3 Å². The number of benzene rings is 2. The topological polar surface area (TPSA) is 83.1 Å². The van der Waals surface area contributed by atoms with Crippen LogP contribution >= 0.6 is 0 Å². The molecule has 2 amide bonds. The van der Waals surface area contributed by atoms with E-state index in [2.05, 4.69) is 15.5 Å². The molecule has 2 aromatic rings. The molecule has 34 heavy (non-hydrogen) atoms. The number of ether oxygens (including phenoxy) is 2. The number of anilines is 1. The molecule has 0 bridgehead atoms. The van der Waals surface area contributed by atoms with E-state index in [0.717, 1.165) is 42.8 Å². The van der Waals surface area contributed by atoms with Crippen molar-refractivity contribution in [2.45, 2.75) is 19.5 Å². The van der Waals surface area contributed by atoms with Crippen LogP contribution in [0.3, 0.4) is 0 Å². The number of fused-ring (bicyclic) bond motifs is 1. The third kappa shape index (κ3) is 5.42. The van der Waals surface area contributed by atoms with E-state index in [1.165, 1.54) is 0 Å². The number of nitrogens with one attached hydrogen (secondary N) is 2. The van der Waals surface area contributed by atoms with Crippen LogP contribution in [0.1, 0.15) is 12.5 Å². The highest BCUT2D eigenvalue weighted by atomic mass is 19.2. The number of hydrogen-bond acceptors (Lipinski definition) is 6. The van der Waals surface area contributed by atoms with Gasteiger partial charge in [-0.3, -0.25) is 19.4 Å². The van der Waals surface area contributed by atoms with Gasteiger partial charge in [-0.15, -0.1) is 0 Å². The zero-order chi connectivity index (χ0) is 24.2. The molecule has 0 radical (unpaired) electrons. The maximum atomic E-state index is 13.7. The first-order valence-corrected chi connectivity index (χ1v) is 10.9. The molecular formula is C23H25F3N4O4. The van der Waals surface area contributed by atoms with E-state index in [1.807, 2.05) is 23.1 Å². The molecule has 1 fully saturated rings. The van der Waals surface area contributed by atoms with E-state index in [-0.39, 0.29) is 12.7 Å². The van der Waals surface area contributed by atoms with Crippen LogP contribution in [0.2, 0.25) is 0 Å². The van der Waals surface area contributed by atoms with Gasteiger partial charge in [0.1, 0.15) is 0 Å².